The zero-order valence-electron chi connectivity index (χ0n) is 14.3. The molecule has 2 heterocycles. The molecule has 2 aromatic carbocycles. The van der Waals surface area contributed by atoms with Crippen molar-refractivity contribution in [2.75, 3.05) is 14.2 Å². The van der Waals surface area contributed by atoms with Crippen molar-refractivity contribution in [2.45, 2.75) is 0 Å². The van der Waals surface area contributed by atoms with Crippen molar-refractivity contribution >= 4 is 28.4 Å². The smallest absolute Gasteiger partial charge is 0.235 e. The highest BCUT2D eigenvalue weighted by molar-refractivity contribution is 7.17. The summed E-state index contributed by atoms with van der Waals surface area (Å²) in [6, 6.07) is 15.6. The quantitative estimate of drug-likeness (QED) is 0.535. The molecule has 0 N–H and O–H groups in total. The third kappa shape index (κ3) is 3.04. The standard InChI is InChI=1S/C19H16N4O2S/c1-24-14-10-7-13(8-11-14)9-12-17-22-23-18(20-21-19(23)26-17)15-5-3-4-6-16(15)25-2/h3-12H,1-2H3. The molecule has 0 bridgehead atoms. The SMILES string of the molecule is COc1ccc(C=Cc2nn3c(-c4ccccc4OC)nnc3s2)cc1. The van der Waals surface area contributed by atoms with Crippen LogP contribution in [0.25, 0.3) is 28.5 Å². The van der Waals surface area contributed by atoms with Gasteiger partial charge in [-0.2, -0.15) is 9.61 Å². The normalized spacial score (nSPS) is 11.3. The largest absolute Gasteiger partial charge is 0.497 e. The molecule has 0 saturated heterocycles. The fraction of sp³-hybridized carbons (Fsp3) is 0.105. The number of para-hydroxylation sites is 1. The Labute approximate surface area is 154 Å². The summed E-state index contributed by atoms with van der Waals surface area (Å²) in [6.07, 6.45) is 3.97. The summed E-state index contributed by atoms with van der Waals surface area (Å²) in [4.78, 5) is 0.736. The molecule has 4 aromatic rings. The van der Waals surface area contributed by atoms with E-state index in [0.717, 1.165) is 32.6 Å². The Morgan fingerprint density at radius 2 is 1.73 bits per heavy atom. The first-order chi connectivity index (χ1) is 12.8. The van der Waals surface area contributed by atoms with Gasteiger partial charge in [0.1, 0.15) is 16.5 Å². The molecule has 0 amide bonds. The van der Waals surface area contributed by atoms with Gasteiger partial charge in [0.2, 0.25) is 4.96 Å². The Kier molecular flexibility index (Phi) is 4.37. The van der Waals surface area contributed by atoms with E-state index in [2.05, 4.69) is 15.3 Å². The minimum Gasteiger partial charge on any atom is -0.497 e. The van der Waals surface area contributed by atoms with Crippen molar-refractivity contribution in [1.29, 1.82) is 0 Å². The number of hydrogen-bond acceptors (Lipinski definition) is 6. The monoisotopic (exact) mass is 364 g/mol. The highest BCUT2D eigenvalue weighted by Crippen LogP contribution is 2.29. The van der Waals surface area contributed by atoms with Gasteiger partial charge in [0.25, 0.3) is 0 Å². The second-order valence-corrected chi connectivity index (χ2v) is 6.45. The molecule has 0 aliphatic rings. The van der Waals surface area contributed by atoms with Crippen molar-refractivity contribution in [3.8, 4) is 22.9 Å². The topological polar surface area (TPSA) is 61.5 Å². The van der Waals surface area contributed by atoms with Crippen LogP contribution in [0.5, 0.6) is 11.5 Å². The number of rotatable bonds is 5. The highest BCUT2D eigenvalue weighted by atomic mass is 32.1. The summed E-state index contributed by atoms with van der Waals surface area (Å²) in [5.74, 6) is 2.24. The fourth-order valence-corrected chi connectivity index (χ4v) is 3.32. The lowest BCUT2D eigenvalue weighted by Crippen LogP contribution is -1.94. The Morgan fingerprint density at radius 1 is 0.923 bits per heavy atom. The number of methoxy groups -OCH3 is 2. The average Bonchev–Trinajstić information content (AvgIpc) is 3.27. The van der Waals surface area contributed by atoms with Crippen LogP contribution in [-0.2, 0) is 0 Å². The fourth-order valence-electron chi connectivity index (χ4n) is 2.58. The number of fused-ring (bicyclic) bond motifs is 1. The third-order valence-corrected chi connectivity index (χ3v) is 4.75. The molecule has 7 heteroatoms. The molecule has 26 heavy (non-hydrogen) atoms. The van der Waals surface area contributed by atoms with Gasteiger partial charge in [0.15, 0.2) is 5.82 Å². The summed E-state index contributed by atoms with van der Waals surface area (Å²) >= 11 is 1.48. The van der Waals surface area contributed by atoms with Gasteiger partial charge in [-0.1, -0.05) is 41.7 Å². The van der Waals surface area contributed by atoms with E-state index in [1.54, 1.807) is 18.7 Å². The van der Waals surface area contributed by atoms with Crippen molar-refractivity contribution in [1.82, 2.24) is 19.8 Å². The van der Waals surface area contributed by atoms with Gasteiger partial charge < -0.3 is 9.47 Å². The van der Waals surface area contributed by atoms with E-state index in [1.807, 2.05) is 60.7 Å². The molecule has 0 spiro atoms. The van der Waals surface area contributed by atoms with E-state index in [1.165, 1.54) is 11.3 Å². The van der Waals surface area contributed by atoms with E-state index in [-0.39, 0.29) is 0 Å². The predicted octanol–water partition coefficient (Wildman–Crippen LogP) is 4.04. The molecule has 0 unspecified atom stereocenters. The molecule has 6 nitrogen and oxygen atoms in total. The maximum Gasteiger partial charge on any atom is 0.235 e. The lowest BCUT2D eigenvalue weighted by atomic mass is 10.2. The number of benzene rings is 2. The second kappa shape index (κ2) is 6.97. The highest BCUT2D eigenvalue weighted by Gasteiger charge is 2.15. The number of ether oxygens (including phenoxy) is 2. The second-order valence-electron chi connectivity index (χ2n) is 5.47. The van der Waals surface area contributed by atoms with Crippen LogP contribution in [-0.4, -0.2) is 34.0 Å². The Balaban J connectivity index is 1.66. The lowest BCUT2D eigenvalue weighted by Gasteiger charge is -2.04. The van der Waals surface area contributed by atoms with Gasteiger partial charge >= 0.3 is 0 Å². The number of nitrogens with zero attached hydrogens (tertiary/aromatic N) is 4. The summed E-state index contributed by atoms with van der Waals surface area (Å²) in [7, 11) is 3.30. The molecule has 4 rings (SSSR count). The van der Waals surface area contributed by atoms with E-state index >= 15 is 0 Å². The molecule has 0 atom stereocenters. The molecule has 0 saturated carbocycles. The van der Waals surface area contributed by atoms with E-state index in [9.17, 15) is 0 Å². The Morgan fingerprint density at radius 3 is 2.50 bits per heavy atom. The molecule has 0 fully saturated rings. The van der Waals surface area contributed by atoms with Gasteiger partial charge in [-0.3, -0.25) is 0 Å². The maximum absolute atomic E-state index is 5.42. The van der Waals surface area contributed by atoms with Crippen molar-refractivity contribution in [3.63, 3.8) is 0 Å². The first-order valence-corrected chi connectivity index (χ1v) is 8.78. The molecular weight excluding hydrogens is 348 g/mol. The predicted molar refractivity (Wildman–Crippen MR) is 103 cm³/mol. The van der Waals surface area contributed by atoms with Crippen LogP contribution in [0.1, 0.15) is 10.6 Å². The molecule has 0 aliphatic carbocycles. The van der Waals surface area contributed by atoms with Crippen molar-refractivity contribution < 1.29 is 9.47 Å². The first-order valence-electron chi connectivity index (χ1n) is 7.96. The summed E-state index contributed by atoms with van der Waals surface area (Å²) in [6.45, 7) is 0. The molecule has 0 aliphatic heterocycles. The van der Waals surface area contributed by atoms with Crippen LogP contribution >= 0.6 is 11.3 Å². The summed E-state index contributed by atoms with van der Waals surface area (Å²) < 4.78 is 12.3. The van der Waals surface area contributed by atoms with Gasteiger partial charge in [-0.15, -0.1) is 10.2 Å². The van der Waals surface area contributed by atoms with Gasteiger partial charge in [0.05, 0.1) is 19.8 Å². The molecule has 2 aromatic heterocycles. The number of aromatic nitrogens is 4. The maximum atomic E-state index is 5.42. The minimum atomic E-state index is 0.665. The zero-order chi connectivity index (χ0) is 17.9. The van der Waals surface area contributed by atoms with E-state index in [4.69, 9.17) is 9.47 Å². The van der Waals surface area contributed by atoms with Gasteiger partial charge in [0, 0.05) is 0 Å². The van der Waals surface area contributed by atoms with Crippen LogP contribution in [0.15, 0.2) is 48.5 Å². The molecule has 0 radical (unpaired) electrons. The van der Waals surface area contributed by atoms with Gasteiger partial charge in [-0.25, -0.2) is 0 Å². The van der Waals surface area contributed by atoms with Gasteiger partial charge in [-0.05, 0) is 35.9 Å². The Bertz CT molecular complexity index is 1070. The zero-order valence-corrected chi connectivity index (χ0v) is 15.1. The van der Waals surface area contributed by atoms with Crippen molar-refractivity contribution in [3.05, 3.63) is 59.1 Å². The minimum absolute atomic E-state index is 0.665. The summed E-state index contributed by atoms with van der Waals surface area (Å²) in [5, 5.41) is 14.0. The average molecular weight is 364 g/mol. The Hall–Kier alpha value is -3.19. The molecular formula is C19H16N4O2S. The lowest BCUT2D eigenvalue weighted by molar-refractivity contribution is 0.415. The van der Waals surface area contributed by atoms with E-state index < -0.39 is 0 Å². The molecule has 130 valence electrons. The van der Waals surface area contributed by atoms with Crippen LogP contribution in [0.3, 0.4) is 0 Å². The van der Waals surface area contributed by atoms with Crippen LogP contribution in [0.4, 0.5) is 0 Å². The van der Waals surface area contributed by atoms with Crippen LogP contribution < -0.4 is 9.47 Å². The first kappa shape index (κ1) is 16.3. The summed E-state index contributed by atoms with van der Waals surface area (Å²) in [5.41, 5.74) is 1.93. The van der Waals surface area contributed by atoms with Crippen molar-refractivity contribution in [2.24, 2.45) is 0 Å². The van der Waals surface area contributed by atoms with E-state index in [0.29, 0.717) is 5.82 Å². The number of hydrogen-bond donors (Lipinski definition) is 0. The van der Waals surface area contributed by atoms with Crippen LogP contribution in [0.2, 0.25) is 0 Å². The van der Waals surface area contributed by atoms with Crippen LogP contribution in [0, 0.1) is 0 Å². The third-order valence-electron chi connectivity index (χ3n) is 3.89.